The molecule has 8 nitrogen and oxygen atoms in total. The molecule has 1 unspecified atom stereocenters. The molecule has 3 rings (SSSR count). The topological polar surface area (TPSA) is 101 Å². The third-order valence-corrected chi connectivity index (χ3v) is 5.11. The first-order valence-corrected chi connectivity index (χ1v) is 9.32. The van der Waals surface area contributed by atoms with Gasteiger partial charge >= 0.3 is 0 Å². The number of nitrogens with zero attached hydrogens (tertiary/aromatic N) is 3. The van der Waals surface area contributed by atoms with Crippen molar-refractivity contribution in [1.29, 1.82) is 0 Å². The lowest BCUT2D eigenvalue weighted by Crippen LogP contribution is -2.45. The molecular weight excluding hydrogens is 374 g/mol. The van der Waals surface area contributed by atoms with Gasteiger partial charge in [0, 0.05) is 18.7 Å². The summed E-state index contributed by atoms with van der Waals surface area (Å²) < 4.78 is 0. The lowest BCUT2D eigenvalue weighted by atomic mass is 10.1. The van der Waals surface area contributed by atoms with Gasteiger partial charge in [-0.1, -0.05) is 43.3 Å². The quantitative estimate of drug-likeness (QED) is 0.407. The minimum Gasteiger partial charge on any atom is -0.334 e. The van der Waals surface area contributed by atoms with Crippen LogP contribution in [0, 0.1) is 10.1 Å². The van der Waals surface area contributed by atoms with E-state index < -0.39 is 29.0 Å². The number of benzene rings is 2. The molecular formula is C21H21N3O5. The molecule has 1 atom stereocenters. The van der Waals surface area contributed by atoms with Crippen LogP contribution in [-0.4, -0.2) is 45.0 Å². The van der Waals surface area contributed by atoms with Crippen LogP contribution in [0.2, 0.25) is 0 Å². The zero-order valence-corrected chi connectivity index (χ0v) is 16.2. The van der Waals surface area contributed by atoms with E-state index >= 15 is 0 Å². The summed E-state index contributed by atoms with van der Waals surface area (Å²) in [5, 5.41) is 11.2. The first kappa shape index (κ1) is 20.2. The largest absolute Gasteiger partial charge is 0.334 e. The van der Waals surface area contributed by atoms with Crippen molar-refractivity contribution in [3.05, 3.63) is 75.3 Å². The van der Waals surface area contributed by atoms with Crippen LogP contribution in [0.15, 0.2) is 48.5 Å². The van der Waals surface area contributed by atoms with Crippen molar-refractivity contribution < 1.29 is 19.3 Å². The summed E-state index contributed by atoms with van der Waals surface area (Å²) in [5.74, 6) is -1.89. The number of carbonyl (C=O) groups excluding carboxylic acids is 3. The van der Waals surface area contributed by atoms with Gasteiger partial charge in [0.2, 0.25) is 5.91 Å². The molecule has 0 aliphatic carbocycles. The Kier molecular flexibility index (Phi) is 5.72. The van der Waals surface area contributed by atoms with Crippen LogP contribution in [0.5, 0.6) is 0 Å². The molecule has 0 bridgehead atoms. The van der Waals surface area contributed by atoms with Gasteiger partial charge in [0.1, 0.15) is 12.1 Å². The van der Waals surface area contributed by atoms with Crippen molar-refractivity contribution in [2.45, 2.75) is 32.9 Å². The molecule has 8 heteroatoms. The molecule has 29 heavy (non-hydrogen) atoms. The molecule has 3 amide bonds. The summed E-state index contributed by atoms with van der Waals surface area (Å²) in [6.07, 6.45) is 0.701. The fraction of sp³-hybridized carbons (Fsp3) is 0.286. The Morgan fingerprint density at radius 2 is 1.79 bits per heavy atom. The fourth-order valence-electron chi connectivity index (χ4n) is 3.33. The third-order valence-electron chi connectivity index (χ3n) is 5.11. The summed E-state index contributed by atoms with van der Waals surface area (Å²) in [5.41, 5.74) is 0.196. The minimum atomic E-state index is -0.811. The maximum absolute atomic E-state index is 13.0. The van der Waals surface area contributed by atoms with E-state index in [0.717, 1.165) is 10.5 Å². The summed E-state index contributed by atoms with van der Waals surface area (Å²) in [7, 11) is 0. The summed E-state index contributed by atoms with van der Waals surface area (Å²) in [6, 6.07) is 13.2. The molecule has 0 spiro atoms. The number of fused-ring (bicyclic) bond motifs is 1. The fourth-order valence-corrected chi connectivity index (χ4v) is 3.33. The van der Waals surface area contributed by atoms with Gasteiger partial charge in [-0.15, -0.1) is 0 Å². The van der Waals surface area contributed by atoms with Crippen molar-refractivity contribution in [2.24, 2.45) is 0 Å². The molecule has 2 aromatic rings. The average molecular weight is 395 g/mol. The zero-order valence-electron chi connectivity index (χ0n) is 16.2. The number of rotatable bonds is 7. The highest BCUT2D eigenvalue weighted by Gasteiger charge is 2.42. The Labute approximate surface area is 167 Å². The number of hydrogen-bond acceptors (Lipinski definition) is 5. The van der Waals surface area contributed by atoms with E-state index in [2.05, 4.69) is 0 Å². The van der Waals surface area contributed by atoms with Crippen LogP contribution in [0.1, 0.15) is 46.5 Å². The first-order valence-electron chi connectivity index (χ1n) is 9.32. The van der Waals surface area contributed by atoms with Gasteiger partial charge in [-0.2, -0.15) is 0 Å². The Morgan fingerprint density at radius 1 is 1.10 bits per heavy atom. The lowest BCUT2D eigenvalue weighted by Gasteiger charge is -2.30. The van der Waals surface area contributed by atoms with Crippen molar-refractivity contribution in [1.82, 2.24) is 9.80 Å². The number of amides is 3. The number of hydrogen-bond donors (Lipinski definition) is 0. The highest BCUT2D eigenvalue weighted by atomic mass is 16.6. The van der Waals surface area contributed by atoms with Gasteiger partial charge in [0.25, 0.3) is 17.5 Å². The summed E-state index contributed by atoms with van der Waals surface area (Å²) in [6.45, 7) is 3.73. The molecule has 0 aromatic heterocycles. The lowest BCUT2D eigenvalue weighted by molar-refractivity contribution is -0.385. The smallest absolute Gasteiger partial charge is 0.282 e. The van der Waals surface area contributed by atoms with E-state index in [1.807, 2.05) is 44.2 Å². The Hall–Kier alpha value is -3.55. The standard InChI is InChI=1S/C21H21N3O5/c1-3-14(2)22(12-15-8-5-4-6-9-15)18(25)13-23-20(26)16-10-7-11-17(24(28)29)19(16)21(23)27/h4-11,14H,3,12-13H2,1-2H3. The van der Waals surface area contributed by atoms with Gasteiger partial charge in [0.15, 0.2) is 0 Å². The molecule has 1 aliphatic heterocycles. The summed E-state index contributed by atoms with van der Waals surface area (Å²) in [4.78, 5) is 51.3. The Bertz CT molecular complexity index is 974. The van der Waals surface area contributed by atoms with Crippen LogP contribution < -0.4 is 0 Å². The van der Waals surface area contributed by atoms with E-state index in [-0.39, 0.29) is 23.1 Å². The molecule has 0 N–H and O–H groups in total. The van der Waals surface area contributed by atoms with Gasteiger partial charge in [0.05, 0.1) is 10.5 Å². The normalized spacial score (nSPS) is 13.9. The van der Waals surface area contributed by atoms with E-state index in [9.17, 15) is 24.5 Å². The molecule has 2 aromatic carbocycles. The number of nitro benzene ring substituents is 1. The van der Waals surface area contributed by atoms with E-state index in [1.54, 1.807) is 4.90 Å². The van der Waals surface area contributed by atoms with E-state index in [1.165, 1.54) is 18.2 Å². The van der Waals surface area contributed by atoms with Crippen LogP contribution in [0.3, 0.4) is 0 Å². The van der Waals surface area contributed by atoms with Gasteiger partial charge < -0.3 is 4.90 Å². The SMILES string of the molecule is CCC(C)N(Cc1ccccc1)C(=O)CN1C(=O)c2cccc([N+](=O)[O-])c2C1=O. The first-order chi connectivity index (χ1) is 13.8. The summed E-state index contributed by atoms with van der Waals surface area (Å²) >= 11 is 0. The molecule has 0 fully saturated rings. The second kappa shape index (κ2) is 8.22. The molecule has 0 radical (unpaired) electrons. The predicted octanol–water partition coefficient (Wildman–Crippen LogP) is 3.02. The molecule has 0 saturated heterocycles. The van der Waals surface area contributed by atoms with Gasteiger partial charge in [-0.05, 0) is 25.0 Å². The highest BCUT2D eigenvalue weighted by molar-refractivity contribution is 6.24. The molecule has 150 valence electrons. The maximum atomic E-state index is 13.0. The maximum Gasteiger partial charge on any atom is 0.282 e. The van der Waals surface area contributed by atoms with Crippen LogP contribution in [0.25, 0.3) is 0 Å². The van der Waals surface area contributed by atoms with Crippen molar-refractivity contribution in [2.75, 3.05) is 6.54 Å². The number of imide groups is 1. The van der Waals surface area contributed by atoms with Gasteiger partial charge in [-0.25, -0.2) is 0 Å². The Morgan fingerprint density at radius 3 is 2.41 bits per heavy atom. The second-order valence-corrected chi connectivity index (χ2v) is 6.92. The van der Waals surface area contributed by atoms with Gasteiger partial charge in [-0.3, -0.25) is 29.4 Å². The molecule has 1 aliphatic rings. The predicted molar refractivity (Wildman–Crippen MR) is 105 cm³/mol. The van der Waals surface area contributed by atoms with Crippen molar-refractivity contribution in [3.8, 4) is 0 Å². The second-order valence-electron chi connectivity index (χ2n) is 6.92. The molecule has 0 saturated carbocycles. The van der Waals surface area contributed by atoms with E-state index in [4.69, 9.17) is 0 Å². The Balaban J connectivity index is 1.85. The zero-order chi connectivity index (χ0) is 21.1. The van der Waals surface area contributed by atoms with E-state index in [0.29, 0.717) is 13.0 Å². The number of nitro groups is 1. The minimum absolute atomic E-state index is 0.0462. The highest BCUT2D eigenvalue weighted by Crippen LogP contribution is 2.30. The van der Waals surface area contributed by atoms with Crippen molar-refractivity contribution >= 4 is 23.4 Å². The monoisotopic (exact) mass is 395 g/mol. The van der Waals surface area contributed by atoms with Crippen LogP contribution in [-0.2, 0) is 11.3 Å². The van der Waals surface area contributed by atoms with Crippen LogP contribution >= 0.6 is 0 Å². The van der Waals surface area contributed by atoms with Crippen LogP contribution in [0.4, 0.5) is 5.69 Å². The third kappa shape index (κ3) is 3.87. The average Bonchev–Trinajstić information content (AvgIpc) is 2.97. The molecule has 1 heterocycles. The van der Waals surface area contributed by atoms with Crippen molar-refractivity contribution in [3.63, 3.8) is 0 Å². The number of carbonyl (C=O) groups is 3.